The second-order valence-electron chi connectivity index (χ2n) is 27.2. The van der Waals surface area contributed by atoms with Gasteiger partial charge in [-0.15, -0.1) is 0 Å². The largest absolute Gasteiger partial charge is 0.359 e. The molecule has 0 bridgehead atoms. The lowest BCUT2D eigenvalue weighted by atomic mass is 9.75. The highest BCUT2D eigenvalue weighted by molar-refractivity contribution is 6.42. The van der Waals surface area contributed by atoms with E-state index < -0.39 is 0 Å². The van der Waals surface area contributed by atoms with Gasteiger partial charge in [-0.2, -0.15) is 0 Å². The highest BCUT2D eigenvalue weighted by Gasteiger charge is 2.35. The average molecular weight is 1260 g/mol. The molecule has 2 unspecified atom stereocenters. The van der Waals surface area contributed by atoms with Crippen molar-refractivity contribution in [3.8, 4) is 61.6 Å². The highest BCUT2D eigenvalue weighted by atomic mass is 15.1. The third-order valence-corrected chi connectivity index (χ3v) is 21.9. The van der Waals surface area contributed by atoms with Gasteiger partial charge in [-0.05, 0) is 193 Å². The van der Waals surface area contributed by atoms with Gasteiger partial charge in [0.1, 0.15) is 6.17 Å². The van der Waals surface area contributed by atoms with Crippen molar-refractivity contribution in [2.75, 3.05) is 0 Å². The fraction of sp³-hybridized carbons (Fsp3) is 0.0532. The van der Waals surface area contributed by atoms with E-state index in [4.69, 9.17) is 4.99 Å². The normalized spacial score (nSPS) is 15.2. The van der Waals surface area contributed by atoms with Crippen LogP contribution in [0.3, 0.4) is 0 Å². The van der Waals surface area contributed by atoms with Crippen molar-refractivity contribution < 1.29 is 0 Å². The molecule has 2 atom stereocenters. The van der Waals surface area contributed by atoms with Gasteiger partial charge in [0, 0.05) is 77.9 Å². The summed E-state index contributed by atoms with van der Waals surface area (Å²) in [6.07, 6.45) is 7.33. The second-order valence-corrected chi connectivity index (χ2v) is 27.2. The Balaban J connectivity index is 0.644. The maximum Gasteiger partial charge on any atom is 0.145 e. The average Bonchev–Trinajstić information content (AvgIpc) is 1.60. The van der Waals surface area contributed by atoms with E-state index in [9.17, 15) is 0 Å². The van der Waals surface area contributed by atoms with Crippen molar-refractivity contribution in [1.82, 2.24) is 19.0 Å². The van der Waals surface area contributed by atoms with Crippen molar-refractivity contribution in [2.24, 2.45) is 4.99 Å². The molecule has 0 radical (unpaired) electrons. The molecule has 5 nitrogen and oxygen atoms in total. The second kappa shape index (κ2) is 22.0. The molecular weight excluding hydrogens is 1200 g/mol. The molecule has 14 aromatic carbocycles. The summed E-state index contributed by atoms with van der Waals surface area (Å²) in [5.74, 6) is 0.188. The number of nitrogens with zero attached hydrogens (tertiary/aromatic N) is 4. The molecule has 3 aromatic heterocycles. The summed E-state index contributed by atoms with van der Waals surface area (Å²) in [5, 5.41) is 12.8. The van der Waals surface area contributed by atoms with E-state index in [1.807, 2.05) is 0 Å². The van der Waals surface area contributed by atoms with Crippen LogP contribution in [-0.4, -0.2) is 19.4 Å². The SMILES string of the molecule is C1=Cc2c(n(-c3ccccc3)c3ccc(-c4ccc5c(c4)-c4ccccc4C(c4ccc(C6N=C(c7cccc(-n8c9ccccc9c9cc(-c%10ccc%11c(c%10)c%10ccccc%10n%11-c%10ccccc%10)ccc98)c7)C7=C(N6)c6cccc8c(-c9ccccc9)ccc7c68)cc4)C5)cc23)CC1. The zero-order valence-electron chi connectivity index (χ0n) is 54.2. The van der Waals surface area contributed by atoms with E-state index >= 15 is 0 Å². The molecule has 4 heterocycles. The summed E-state index contributed by atoms with van der Waals surface area (Å²) < 4.78 is 7.31. The maximum absolute atomic E-state index is 5.89. The van der Waals surface area contributed by atoms with Crippen molar-refractivity contribution in [3.63, 3.8) is 0 Å². The number of fused-ring (bicyclic) bond motifs is 14. The Morgan fingerprint density at radius 3 is 1.61 bits per heavy atom. The molecule has 1 aliphatic heterocycles. The molecule has 17 aromatic rings. The molecule has 0 saturated heterocycles. The number of allylic oxidation sites excluding steroid dienone is 2. The van der Waals surface area contributed by atoms with Crippen LogP contribution >= 0.6 is 0 Å². The molecule has 0 amide bonds. The van der Waals surface area contributed by atoms with Crippen LogP contribution < -0.4 is 5.32 Å². The Kier molecular flexibility index (Phi) is 12.4. The fourth-order valence-electron chi connectivity index (χ4n) is 17.4. The minimum atomic E-state index is -0.356. The minimum Gasteiger partial charge on any atom is -0.359 e. The molecule has 21 rings (SSSR count). The van der Waals surface area contributed by atoms with Crippen molar-refractivity contribution >= 4 is 88.3 Å². The van der Waals surface area contributed by atoms with Crippen molar-refractivity contribution in [1.29, 1.82) is 0 Å². The van der Waals surface area contributed by atoms with E-state index in [2.05, 4.69) is 347 Å². The topological polar surface area (TPSA) is 39.2 Å². The van der Waals surface area contributed by atoms with Crippen molar-refractivity contribution in [3.05, 3.63) is 372 Å². The molecule has 464 valence electrons. The predicted molar refractivity (Wildman–Crippen MR) is 413 cm³/mol. The minimum absolute atomic E-state index is 0.188. The number of aromatic nitrogens is 3. The lowest BCUT2D eigenvalue weighted by molar-refractivity contribution is 0.666. The Hall–Kier alpha value is -12.6. The molecular formula is C94H63N5. The van der Waals surface area contributed by atoms with Crippen molar-refractivity contribution in [2.45, 2.75) is 31.3 Å². The molecule has 0 fully saturated rings. The monoisotopic (exact) mass is 1260 g/mol. The molecule has 4 aliphatic rings. The number of hydrogen-bond donors (Lipinski definition) is 1. The van der Waals surface area contributed by atoms with E-state index in [0.717, 1.165) is 69.8 Å². The first-order valence-electron chi connectivity index (χ1n) is 34.8. The lowest BCUT2D eigenvalue weighted by Crippen LogP contribution is -2.26. The van der Waals surface area contributed by atoms with Crippen LogP contribution in [0.25, 0.3) is 144 Å². The van der Waals surface area contributed by atoms with Gasteiger partial charge in [0.25, 0.3) is 0 Å². The summed E-state index contributed by atoms with van der Waals surface area (Å²) >= 11 is 0. The van der Waals surface area contributed by atoms with Crippen LogP contribution in [-0.2, 0) is 12.8 Å². The first-order valence-corrected chi connectivity index (χ1v) is 34.8. The Morgan fingerprint density at radius 1 is 0.343 bits per heavy atom. The zero-order valence-corrected chi connectivity index (χ0v) is 54.2. The van der Waals surface area contributed by atoms with Crippen LogP contribution in [0, 0.1) is 0 Å². The Bertz CT molecular complexity index is 6330. The third-order valence-electron chi connectivity index (χ3n) is 21.9. The number of hydrogen-bond acceptors (Lipinski definition) is 2. The summed E-state index contributed by atoms with van der Waals surface area (Å²) in [5.41, 5.74) is 34.0. The van der Waals surface area contributed by atoms with Gasteiger partial charge in [0.15, 0.2) is 0 Å². The number of nitrogens with one attached hydrogen (secondary N) is 1. The number of rotatable bonds is 9. The maximum atomic E-state index is 5.89. The quantitative estimate of drug-likeness (QED) is 0.154. The van der Waals surface area contributed by atoms with E-state index in [0.29, 0.717) is 0 Å². The van der Waals surface area contributed by atoms with Crippen LogP contribution in [0.5, 0.6) is 0 Å². The fourth-order valence-corrected chi connectivity index (χ4v) is 17.4. The standard InChI is InChI=1S/C94H63N5/c1-4-20-58(21-5-1)70-47-48-77-90-76(70)33-19-34-78(90)93-91(77)92(66-22-18-27-69(52-66)99-86-37-17-14-32-75(86)83-56-64(46-51-89(83)99)63-45-50-88-82(55-63)74-31-13-16-36-85(74)98(88)68-25-8-3-9-26-68)95-94(96-93)60-40-38-59(39-41-60)79-57-65-43-42-61(53-80(65)72-29-11-10-28-71(72)79)62-44-49-87-81(54-62)73-30-12-15-35-84(73)97(87)67-23-6-2-7-24-67/h1-14,16-34,36-56,79,94,96H,15,35,57H2. The summed E-state index contributed by atoms with van der Waals surface area (Å²) in [4.78, 5) is 5.89. The molecule has 1 N–H and O–H groups in total. The van der Waals surface area contributed by atoms with Gasteiger partial charge in [0.2, 0.25) is 0 Å². The summed E-state index contributed by atoms with van der Waals surface area (Å²) in [6, 6.07) is 117. The molecule has 3 aliphatic carbocycles. The number of aliphatic imine (C=N–C) groups is 1. The summed E-state index contributed by atoms with van der Waals surface area (Å²) in [7, 11) is 0. The van der Waals surface area contributed by atoms with Crippen LogP contribution in [0.1, 0.15) is 68.7 Å². The van der Waals surface area contributed by atoms with Crippen LogP contribution in [0.4, 0.5) is 0 Å². The van der Waals surface area contributed by atoms with Crippen LogP contribution in [0.15, 0.2) is 327 Å². The Morgan fingerprint density at radius 2 is 0.879 bits per heavy atom. The molecule has 0 saturated carbocycles. The third kappa shape index (κ3) is 8.63. The molecule has 5 heteroatoms. The van der Waals surface area contributed by atoms with Gasteiger partial charge in [0.05, 0.1) is 39.0 Å². The Labute approximate surface area is 573 Å². The molecule has 99 heavy (non-hydrogen) atoms. The van der Waals surface area contributed by atoms with Gasteiger partial charge in [-0.3, -0.25) is 4.99 Å². The first-order chi connectivity index (χ1) is 49.1. The number of para-hydroxylation sites is 4. The van der Waals surface area contributed by atoms with E-state index in [-0.39, 0.29) is 12.1 Å². The van der Waals surface area contributed by atoms with Gasteiger partial charge in [-0.1, -0.05) is 237 Å². The van der Waals surface area contributed by atoms with E-state index in [1.54, 1.807) is 0 Å². The zero-order chi connectivity index (χ0) is 64.8. The van der Waals surface area contributed by atoms with Gasteiger partial charge >= 0.3 is 0 Å². The first kappa shape index (κ1) is 55.7. The lowest BCUT2D eigenvalue weighted by Gasteiger charge is -2.30. The number of benzene rings is 14. The predicted octanol–water partition coefficient (Wildman–Crippen LogP) is 23.3. The highest BCUT2D eigenvalue weighted by Crippen LogP contribution is 2.50. The molecule has 0 spiro atoms. The summed E-state index contributed by atoms with van der Waals surface area (Å²) in [6.45, 7) is 0. The van der Waals surface area contributed by atoms with E-state index in [1.165, 1.54) is 144 Å². The van der Waals surface area contributed by atoms with Gasteiger partial charge < -0.3 is 19.0 Å². The van der Waals surface area contributed by atoms with Crippen LogP contribution in [0.2, 0.25) is 0 Å². The smallest absolute Gasteiger partial charge is 0.145 e. The van der Waals surface area contributed by atoms with Gasteiger partial charge in [-0.25, -0.2) is 0 Å².